The zero-order chi connectivity index (χ0) is 11.0. The SMILES string of the molecule is ON1Cc2ccccc2N1C1CCCCO1. The number of hydrogen-bond acceptors (Lipinski definition) is 4. The number of anilines is 1. The van der Waals surface area contributed by atoms with Crippen molar-refractivity contribution in [2.24, 2.45) is 0 Å². The number of hydroxylamine groups is 1. The van der Waals surface area contributed by atoms with Gasteiger partial charge in [-0.25, -0.2) is 0 Å². The van der Waals surface area contributed by atoms with E-state index >= 15 is 0 Å². The lowest BCUT2D eigenvalue weighted by Gasteiger charge is -2.35. The first kappa shape index (κ1) is 10.1. The summed E-state index contributed by atoms with van der Waals surface area (Å²) in [6.07, 6.45) is 3.25. The van der Waals surface area contributed by atoms with E-state index in [-0.39, 0.29) is 6.23 Å². The third-order valence-corrected chi connectivity index (χ3v) is 3.23. The number of ether oxygens (including phenoxy) is 1. The molecule has 1 N–H and O–H groups in total. The fraction of sp³-hybridized carbons (Fsp3) is 0.500. The Morgan fingerprint density at radius 2 is 2.12 bits per heavy atom. The molecule has 0 spiro atoms. The smallest absolute Gasteiger partial charge is 0.146 e. The summed E-state index contributed by atoms with van der Waals surface area (Å²) < 4.78 is 5.71. The molecule has 1 unspecified atom stereocenters. The van der Waals surface area contributed by atoms with Crippen LogP contribution < -0.4 is 5.01 Å². The van der Waals surface area contributed by atoms with Gasteiger partial charge < -0.3 is 4.74 Å². The first-order valence-corrected chi connectivity index (χ1v) is 5.81. The molecule has 1 saturated heterocycles. The number of fused-ring (bicyclic) bond motifs is 1. The molecule has 2 heterocycles. The first-order chi connectivity index (χ1) is 7.86. The van der Waals surface area contributed by atoms with Gasteiger partial charge in [0, 0.05) is 6.61 Å². The summed E-state index contributed by atoms with van der Waals surface area (Å²) in [5.74, 6) is 0. The molecule has 1 atom stereocenters. The van der Waals surface area contributed by atoms with Gasteiger partial charge in [-0.05, 0) is 30.9 Å². The summed E-state index contributed by atoms with van der Waals surface area (Å²) >= 11 is 0. The average Bonchev–Trinajstić information content (AvgIpc) is 2.66. The molecule has 0 amide bonds. The highest BCUT2D eigenvalue weighted by molar-refractivity contribution is 5.56. The third kappa shape index (κ3) is 1.59. The van der Waals surface area contributed by atoms with Crippen LogP contribution in [0.4, 0.5) is 5.69 Å². The Kier molecular flexibility index (Phi) is 2.55. The van der Waals surface area contributed by atoms with Gasteiger partial charge in [0.15, 0.2) is 0 Å². The van der Waals surface area contributed by atoms with Crippen molar-refractivity contribution in [1.29, 1.82) is 0 Å². The molecule has 0 aromatic heterocycles. The molecular formula is C12H16N2O2. The summed E-state index contributed by atoms with van der Waals surface area (Å²) in [7, 11) is 0. The highest BCUT2D eigenvalue weighted by Crippen LogP contribution is 2.34. The Bertz CT molecular complexity index is 377. The molecule has 2 aliphatic heterocycles. The van der Waals surface area contributed by atoms with E-state index in [4.69, 9.17) is 4.74 Å². The standard InChI is InChI=1S/C12H16N2O2/c15-13-9-10-5-1-2-6-11(10)14(13)12-7-3-4-8-16-12/h1-2,5-6,12,15H,3-4,7-9H2. The molecule has 3 rings (SSSR count). The van der Waals surface area contributed by atoms with E-state index in [0.29, 0.717) is 6.54 Å². The highest BCUT2D eigenvalue weighted by atomic mass is 16.6. The van der Waals surface area contributed by atoms with Crippen LogP contribution in [-0.4, -0.2) is 23.2 Å². The van der Waals surface area contributed by atoms with Crippen molar-refractivity contribution >= 4 is 5.69 Å². The molecule has 1 fully saturated rings. The van der Waals surface area contributed by atoms with E-state index in [1.54, 1.807) is 0 Å². The molecule has 4 heteroatoms. The zero-order valence-electron chi connectivity index (χ0n) is 9.17. The average molecular weight is 220 g/mol. The minimum atomic E-state index is -0.0117. The van der Waals surface area contributed by atoms with Crippen LogP contribution in [0.3, 0.4) is 0 Å². The van der Waals surface area contributed by atoms with Gasteiger partial charge in [-0.15, -0.1) is 0 Å². The second kappa shape index (κ2) is 4.05. The summed E-state index contributed by atoms with van der Waals surface area (Å²) in [6, 6.07) is 8.07. The van der Waals surface area contributed by atoms with Gasteiger partial charge >= 0.3 is 0 Å². The van der Waals surface area contributed by atoms with E-state index in [9.17, 15) is 5.21 Å². The van der Waals surface area contributed by atoms with E-state index in [2.05, 4.69) is 0 Å². The van der Waals surface area contributed by atoms with Crippen molar-refractivity contribution in [3.8, 4) is 0 Å². The minimum Gasteiger partial charge on any atom is -0.357 e. The topological polar surface area (TPSA) is 35.9 Å². The van der Waals surface area contributed by atoms with Crippen LogP contribution in [-0.2, 0) is 11.3 Å². The third-order valence-electron chi connectivity index (χ3n) is 3.23. The lowest BCUT2D eigenvalue weighted by molar-refractivity contribution is -0.144. The van der Waals surface area contributed by atoms with Crippen molar-refractivity contribution in [3.63, 3.8) is 0 Å². The molecule has 0 saturated carbocycles. The minimum absolute atomic E-state index is 0.0117. The Hall–Kier alpha value is -1.10. The number of hydrazine groups is 1. The van der Waals surface area contributed by atoms with Crippen LogP contribution in [0.1, 0.15) is 24.8 Å². The fourth-order valence-electron chi connectivity index (χ4n) is 2.44. The Morgan fingerprint density at radius 1 is 1.25 bits per heavy atom. The van der Waals surface area contributed by atoms with Crippen molar-refractivity contribution in [3.05, 3.63) is 29.8 Å². The van der Waals surface area contributed by atoms with E-state index < -0.39 is 0 Å². The van der Waals surface area contributed by atoms with Crippen LogP contribution in [0.2, 0.25) is 0 Å². The molecule has 0 bridgehead atoms. The maximum absolute atomic E-state index is 9.94. The van der Waals surface area contributed by atoms with Crippen LogP contribution in [0.5, 0.6) is 0 Å². The van der Waals surface area contributed by atoms with Gasteiger partial charge in [0.05, 0.1) is 12.2 Å². The predicted octanol–water partition coefficient (Wildman–Crippen LogP) is 2.14. The molecule has 1 aromatic carbocycles. The highest BCUT2D eigenvalue weighted by Gasteiger charge is 2.33. The summed E-state index contributed by atoms with van der Waals surface area (Å²) in [5.41, 5.74) is 2.22. The summed E-state index contributed by atoms with van der Waals surface area (Å²) in [4.78, 5) is 0. The monoisotopic (exact) mass is 220 g/mol. The lowest BCUT2D eigenvalue weighted by atomic mass is 10.1. The van der Waals surface area contributed by atoms with E-state index in [1.165, 1.54) is 5.17 Å². The van der Waals surface area contributed by atoms with E-state index in [1.807, 2.05) is 29.3 Å². The molecule has 0 aliphatic carbocycles. The normalized spacial score (nSPS) is 25.8. The quantitative estimate of drug-likeness (QED) is 0.786. The number of rotatable bonds is 1. The molecular weight excluding hydrogens is 204 g/mol. The maximum atomic E-state index is 9.94. The molecule has 0 radical (unpaired) electrons. The molecule has 86 valence electrons. The van der Waals surface area contributed by atoms with Gasteiger partial charge in [-0.3, -0.25) is 10.2 Å². The Morgan fingerprint density at radius 3 is 2.94 bits per heavy atom. The number of hydrogen-bond donors (Lipinski definition) is 1. The molecule has 1 aromatic rings. The van der Waals surface area contributed by atoms with Crippen molar-refractivity contribution in [2.75, 3.05) is 11.6 Å². The lowest BCUT2D eigenvalue weighted by Crippen LogP contribution is -2.46. The van der Waals surface area contributed by atoms with Crippen LogP contribution >= 0.6 is 0 Å². The molecule has 2 aliphatic rings. The van der Waals surface area contributed by atoms with Gasteiger partial charge in [0.1, 0.15) is 6.23 Å². The first-order valence-electron chi connectivity index (χ1n) is 5.81. The number of nitrogens with zero attached hydrogens (tertiary/aromatic N) is 2. The Balaban J connectivity index is 1.89. The van der Waals surface area contributed by atoms with Crippen molar-refractivity contribution in [1.82, 2.24) is 5.17 Å². The summed E-state index contributed by atoms with van der Waals surface area (Å²) in [6.45, 7) is 1.34. The number of para-hydroxylation sites is 1. The molecule has 4 nitrogen and oxygen atoms in total. The second-order valence-electron chi connectivity index (χ2n) is 4.32. The van der Waals surface area contributed by atoms with Gasteiger partial charge in [-0.2, -0.15) is 0 Å². The predicted molar refractivity (Wildman–Crippen MR) is 59.8 cm³/mol. The summed E-state index contributed by atoms with van der Waals surface area (Å²) in [5, 5.41) is 13.1. The van der Waals surface area contributed by atoms with Crippen molar-refractivity contribution in [2.45, 2.75) is 32.0 Å². The zero-order valence-corrected chi connectivity index (χ0v) is 9.17. The maximum Gasteiger partial charge on any atom is 0.146 e. The second-order valence-corrected chi connectivity index (χ2v) is 4.32. The van der Waals surface area contributed by atoms with Crippen molar-refractivity contribution < 1.29 is 9.94 Å². The van der Waals surface area contributed by atoms with Gasteiger partial charge in [-0.1, -0.05) is 23.4 Å². The van der Waals surface area contributed by atoms with Crippen LogP contribution in [0, 0.1) is 0 Å². The van der Waals surface area contributed by atoms with E-state index in [0.717, 1.165) is 37.1 Å². The largest absolute Gasteiger partial charge is 0.357 e. The van der Waals surface area contributed by atoms with Gasteiger partial charge in [0.25, 0.3) is 0 Å². The van der Waals surface area contributed by atoms with Gasteiger partial charge in [0.2, 0.25) is 0 Å². The fourth-order valence-corrected chi connectivity index (χ4v) is 2.44. The number of benzene rings is 1. The Labute approximate surface area is 95.0 Å². The van der Waals surface area contributed by atoms with Crippen LogP contribution in [0.15, 0.2) is 24.3 Å². The van der Waals surface area contributed by atoms with Crippen LogP contribution in [0.25, 0.3) is 0 Å². The molecule has 16 heavy (non-hydrogen) atoms.